The number of carbonyl (C=O) groups is 1. The molecule has 9 heteroatoms. The molecule has 0 heterocycles. The van der Waals surface area contributed by atoms with Gasteiger partial charge in [0.25, 0.3) is 0 Å². The van der Waals surface area contributed by atoms with Crippen molar-refractivity contribution in [2.75, 3.05) is 40.9 Å². The van der Waals surface area contributed by atoms with Gasteiger partial charge in [0, 0.05) is 6.42 Å². The van der Waals surface area contributed by atoms with Gasteiger partial charge in [0.2, 0.25) is 5.91 Å². The van der Waals surface area contributed by atoms with Gasteiger partial charge in [-0.2, -0.15) is 0 Å². The summed E-state index contributed by atoms with van der Waals surface area (Å²) in [4.78, 5) is 23.5. The lowest BCUT2D eigenvalue weighted by Crippen LogP contribution is -2.45. The molecule has 0 aliphatic heterocycles. The fraction of sp³-hybridized carbons (Fsp3) is 0.934. The van der Waals surface area contributed by atoms with Gasteiger partial charge in [-0.3, -0.25) is 13.8 Å². The lowest BCUT2D eigenvalue weighted by Gasteiger charge is -2.25. The summed E-state index contributed by atoms with van der Waals surface area (Å²) in [5.74, 6) is -0.177. The molecule has 3 unspecified atom stereocenters. The molecule has 3 N–H and O–H groups in total. The second kappa shape index (κ2) is 67.4. The number of rotatable bonds is 72. The number of phosphoric acid groups is 1. The van der Waals surface area contributed by atoms with E-state index in [0.717, 1.165) is 38.5 Å². The minimum atomic E-state index is -4.36. The monoisotopic (exact) mass is 1220 g/mol. The Bertz CT molecular complexity index is 1430. The maximum Gasteiger partial charge on any atom is 0.472 e. The number of unbranched alkanes of at least 4 members (excludes halogenated alkanes) is 57. The molecule has 85 heavy (non-hydrogen) atoms. The van der Waals surface area contributed by atoms with E-state index in [1.165, 1.54) is 347 Å². The van der Waals surface area contributed by atoms with Crippen molar-refractivity contribution in [3.05, 3.63) is 24.3 Å². The number of hydrogen-bond acceptors (Lipinski definition) is 5. The molecule has 0 aliphatic rings. The number of amides is 1. The number of allylic oxidation sites excluding steroid dienone is 3. The van der Waals surface area contributed by atoms with Crippen molar-refractivity contribution >= 4 is 13.7 Å². The zero-order valence-corrected chi connectivity index (χ0v) is 59.0. The van der Waals surface area contributed by atoms with Crippen LogP contribution in [0, 0.1) is 0 Å². The van der Waals surface area contributed by atoms with Gasteiger partial charge < -0.3 is 19.8 Å². The van der Waals surface area contributed by atoms with Crippen LogP contribution in [-0.4, -0.2) is 73.4 Å². The molecule has 0 aromatic heterocycles. The number of aliphatic hydroxyl groups is 1. The molecule has 0 radical (unpaired) electrons. The highest BCUT2D eigenvalue weighted by molar-refractivity contribution is 7.47. The molecule has 0 saturated carbocycles. The number of carbonyl (C=O) groups excluding carboxylic acids is 1. The molecule has 0 spiro atoms. The van der Waals surface area contributed by atoms with Crippen molar-refractivity contribution in [3.8, 4) is 0 Å². The highest BCUT2D eigenvalue weighted by Gasteiger charge is 2.28. The SMILES string of the molecule is CCCCCCCCCCCCCCCCCCCCCCCCCCC/C=C/CC/C=C/C(O)C(COP(=O)(O)OCC[N+](C)(C)C)NC(=O)CCCCCCCCCCCCCCCCCCCCCCCCCCCCCCCCCC. The van der Waals surface area contributed by atoms with Crippen LogP contribution in [-0.2, 0) is 18.4 Å². The Morgan fingerprint density at radius 1 is 0.388 bits per heavy atom. The Morgan fingerprint density at radius 3 is 0.941 bits per heavy atom. The molecule has 3 atom stereocenters. The summed E-state index contributed by atoms with van der Waals surface area (Å²) >= 11 is 0. The zero-order chi connectivity index (χ0) is 61.9. The van der Waals surface area contributed by atoms with Crippen LogP contribution in [0.5, 0.6) is 0 Å². The summed E-state index contributed by atoms with van der Waals surface area (Å²) in [6.45, 7) is 4.87. The molecule has 0 aromatic carbocycles. The summed E-state index contributed by atoms with van der Waals surface area (Å²) in [5.41, 5.74) is 0. The van der Waals surface area contributed by atoms with Crippen molar-refractivity contribution < 1.29 is 32.9 Å². The van der Waals surface area contributed by atoms with Gasteiger partial charge >= 0.3 is 7.82 Å². The number of quaternary nitrogens is 1. The van der Waals surface area contributed by atoms with Crippen LogP contribution < -0.4 is 5.32 Å². The van der Waals surface area contributed by atoms with Crippen molar-refractivity contribution in [2.45, 2.75) is 418 Å². The Labute approximate surface area is 532 Å². The topological polar surface area (TPSA) is 105 Å². The Kier molecular flexibility index (Phi) is 66.6. The summed E-state index contributed by atoms with van der Waals surface area (Å²) in [5, 5.41) is 14.0. The summed E-state index contributed by atoms with van der Waals surface area (Å²) in [6.07, 6.45) is 89.4. The average Bonchev–Trinajstić information content (AvgIpc) is 3.52. The van der Waals surface area contributed by atoms with Crippen LogP contribution in [0.2, 0.25) is 0 Å². The van der Waals surface area contributed by atoms with Crippen LogP contribution >= 0.6 is 7.82 Å². The fourth-order valence-electron chi connectivity index (χ4n) is 12.0. The van der Waals surface area contributed by atoms with E-state index >= 15 is 0 Å². The van der Waals surface area contributed by atoms with Gasteiger partial charge in [-0.25, -0.2) is 4.57 Å². The van der Waals surface area contributed by atoms with Crippen molar-refractivity contribution in [1.29, 1.82) is 0 Å². The summed E-state index contributed by atoms with van der Waals surface area (Å²) < 4.78 is 23.8. The maximum absolute atomic E-state index is 13.1. The van der Waals surface area contributed by atoms with E-state index in [1.54, 1.807) is 6.08 Å². The van der Waals surface area contributed by atoms with E-state index in [4.69, 9.17) is 9.05 Å². The van der Waals surface area contributed by atoms with Gasteiger partial charge in [-0.15, -0.1) is 0 Å². The molecule has 0 fully saturated rings. The minimum absolute atomic E-state index is 0.0592. The highest BCUT2D eigenvalue weighted by atomic mass is 31.2. The standard InChI is InChI=1S/C76H151N2O6P/c1-6-8-10-12-14-16-18-20-22-24-26-28-30-32-34-36-38-40-42-44-46-48-50-52-54-56-58-60-62-64-66-68-70-76(80)77-74(73-84-85(81,82)83-72-71-78(3,4)5)75(79)69-67-65-63-61-59-57-55-53-51-49-47-45-43-41-39-37-35-33-31-29-27-25-23-21-19-17-15-13-11-9-7-2/h59,61,67,69,74-75,79H,6-58,60,62-66,68,70-73H2,1-5H3,(H-,77,80,81,82)/p+1/b61-59+,69-67+. The normalized spacial score (nSPS) is 13.6. The van der Waals surface area contributed by atoms with Gasteiger partial charge in [0.05, 0.1) is 39.9 Å². The fourth-order valence-corrected chi connectivity index (χ4v) is 12.7. The van der Waals surface area contributed by atoms with Crippen LogP contribution in [0.15, 0.2) is 24.3 Å². The predicted molar refractivity (Wildman–Crippen MR) is 374 cm³/mol. The third kappa shape index (κ3) is 70.3. The van der Waals surface area contributed by atoms with Gasteiger partial charge in [0.1, 0.15) is 13.2 Å². The second-order valence-electron chi connectivity index (χ2n) is 27.7. The average molecular weight is 1220 g/mol. The lowest BCUT2D eigenvalue weighted by molar-refractivity contribution is -0.870. The zero-order valence-electron chi connectivity index (χ0n) is 58.1. The lowest BCUT2D eigenvalue weighted by atomic mass is 10.0. The van der Waals surface area contributed by atoms with Crippen molar-refractivity contribution in [2.24, 2.45) is 0 Å². The van der Waals surface area contributed by atoms with E-state index in [-0.39, 0.29) is 19.1 Å². The van der Waals surface area contributed by atoms with Crippen LogP contribution in [0.25, 0.3) is 0 Å². The first-order chi connectivity index (χ1) is 41.5. The molecule has 1 amide bonds. The molecule has 0 saturated heterocycles. The number of aliphatic hydroxyl groups excluding tert-OH is 1. The Balaban J connectivity index is 4.00. The number of phosphoric ester groups is 1. The number of nitrogens with zero attached hydrogens (tertiary/aromatic N) is 1. The highest BCUT2D eigenvalue weighted by Crippen LogP contribution is 2.43. The molecule has 0 rings (SSSR count). The van der Waals surface area contributed by atoms with E-state index in [2.05, 4.69) is 31.3 Å². The van der Waals surface area contributed by atoms with Gasteiger partial charge in [-0.05, 0) is 32.1 Å². The van der Waals surface area contributed by atoms with Gasteiger partial charge in [0.15, 0.2) is 0 Å². The van der Waals surface area contributed by atoms with Crippen molar-refractivity contribution in [3.63, 3.8) is 0 Å². The second-order valence-corrected chi connectivity index (χ2v) is 29.2. The molecule has 8 nitrogen and oxygen atoms in total. The minimum Gasteiger partial charge on any atom is -0.387 e. The van der Waals surface area contributed by atoms with E-state index < -0.39 is 20.0 Å². The van der Waals surface area contributed by atoms with E-state index in [0.29, 0.717) is 17.4 Å². The summed E-state index contributed by atoms with van der Waals surface area (Å²) in [7, 11) is 1.58. The Morgan fingerprint density at radius 2 is 0.647 bits per heavy atom. The molecular formula is C76H152N2O6P+. The molecule has 0 aliphatic carbocycles. The quantitative estimate of drug-likeness (QED) is 0.0243. The number of likely N-dealkylation sites (N-methyl/N-ethyl adjacent to an activating group) is 1. The summed E-state index contributed by atoms with van der Waals surface area (Å²) in [6, 6.07) is -0.862. The predicted octanol–water partition coefficient (Wildman–Crippen LogP) is 24.6. The first-order valence-corrected chi connectivity index (χ1v) is 39.7. The molecule has 506 valence electrons. The first kappa shape index (κ1) is 84.0. The van der Waals surface area contributed by atoms with Gasteiger partial charge in [-0.1, -0.05) is 391 Å². The maximum atomic E-state index is 13.1. The smallest absolute Gasteiger partial charge is 0.387 e. The van der Waals surface area contributed by atoms with Crippen LogP contribution in [0.3, 0.4) is 0 Å². The van der Waals surface area contributed by atoms with E-state index in [9.17, 15) is 19.4 Å². The van der Waals surface area contributed by atoms with E-state index in [1.807, 2.05) is 27.2 Å². The third-order valence-electron chi connectivity index (χ3n) is 17.9. The largest absolute Gasteiger partial charge is 0.472 e. The van der Waals surface area contributed by atoms with Crippen LogP contribution in [0.1, 0.15) is 406 Å². The molecule has 0 aromatic rings. The number of hydrogen-bond donors (Lipinski definition) is 3. The van der Waals surface area contributed by atoms with Crippen molar-refractivity contribution in [1.82, 2.24) is 5.32 Å². The third-order valence-corrected chi connectivity index (χ3v) is 18.9. The first-order valence-electron chi connectivity index (χ1n) is 38.2. The molecular weight excluding hydrogens is 1070 g/mol. The Hall–Kier alpha value is -1.02. The number of nitrogens with one attached hydrogen (secondary N) is 1. The van der Waals surface area contributed by atoms with Crippen LogP contribution in [0.4, 0.5) is 0 Å². The molecule has 0 bridgehead atoms.